The van der Waals surface area contributed by atoms with Crippen molar-refractivity contribution in [2.75, 3.05) is 0 Å². The van der Waals surface area contributed by atoms with Gasteiger partial charge < -0.3 is 9.67 Å². The number of halogens is 1. The molecule has 0 spiro atoms. The van der Waals surface area contributed by atoms with Crippen molar-refractivity contribution in [3.05, 3.63) is 64.7 Å². The van der Waals surface area contributed by atoms with Crippen molar-refractivity contribution < 1.29 is 14.3 Å². The van der Waals surface area contributed by atoms with E-state index < -0.39 is 11.8 Å². The minimum atomic E-state index is -0.908. The van der Waals surface area contributed by atoms with Crippen LogP contribution in [0, 0.1) is 24.1 Å². The highest BCUT2D eigenvalue weighted by Gasteiger charge is 2.17. The molecule has 6 heteroatoms. The van der Waals surface area contributed by atoms with Gasteiger partial charge in [-0.05, 0) is 42.3 Å². The highest BCUT2D eigenvalue weighted by Crippen LogP contribution is 2.26. The van der Waals surface area contributed by atoms with Gasteiger partial charge in [-0.15, -0.1) is 0 Å². The lowest BCUT2D eigenvalue weighted by Crippen LogP contribution is -2.06. The number of rotatable bonds is 4. The van der Waals surface area contributed by atoms with Crippen LogP contribution in [-0.2, 0) is 17.8 Å². The lowest BCUT2D eigenvalue weighted by Gasteiger charge is -2.09. The molecule has 2 aromatic heterocycles. The maximum absolute atomic E-state index is 13.5. The van der Waals surface area contributed by atoms with Gasteiger partial charge >= 0.3 is 5.97 Å². The van der Waals surface area contributed by atoms with Gasteiger partial charge in [-0.1, -0.05) is 6.07 Å². The second-order valence-corrected chi connectivity index (χ2v) is 5.52. The van der Waals surface area contributed by atoms with Crippen LogP contribution in [0.15, 0.2) is 36.5 Å². The van der Waals surface area contributed by atoms with Crippen molar-refractivity contribution in [3.8, 4) is 6.07 Å². The SMILES string of the molecule is Cc1c(CC(=O)O)c2cccnc2n1Cc1ccc(F)c(C#N)c1. The number of nitriles is 1. The Bertz CT molecular complexity index is 986. The van der Waals surface area contributed by atoms with Crippen LogP contribution in [0.5, 0.6) is 0 Å². The van der Waals surface area contributed by atoms with Gasteiger partial charge in [-0.3, -0.25) is 4.79 Å². The maximum Gasteiger partial charge on any atom is 0.307 e. The standard InChI is InChI=1S/C18H14FN3O2/c1-11-15(8-17(23)24)14-3-2-6-21-18(14)22(11)10-12-4-5-16(19)13(7-12)9-20/h2-7H,8,10H2,1H3,(H,23,24). The number of nitrogens with zero attached hydrogens (tertiary/aromatic N) is 3. The molecule has 0 radical (unpaired) electrons. The van der Waals surface area contributed by atoms with E-state index in [2.05, 4.69) is 4.98 Å². The van der Waals surface area contributed by atoms with Crippen molar-refractivity contribution in [2.45, 2.75) is 19.9 Å². The number of aromatic nitrogens is 2. The Balaban J connectivity index is 2.11. The molecule has 0 aliphatic rings. The van der Waals surface area contributed by atoms with Crippen molar-refractivity contribution in [1.29, 1.82) is 5.26 Å². The summed E-state index contributed by atoms with van der Waals surface area (Å²) in [7, 11) is 0. The first-order chi connectivity index (χ1) is 11.5. The van der Waals surface area contributed by atoms with Gasteiger partial charge in [0.1, 0.15) is 17.5 Å². The van der Waals surface area contributed by atoms with Crippen molar-refractivity contribution in [2.24, 2.45) is 0 Å². The minimum absolute atomic E-state index is 0.0136. The van der Waals surface area contributed by atoms with E-state index in [1.54, 1.807) is 18.3 Å². The summed E-state index contributed by atoms with van der Waals surface area (Å²) in [5.41, 5.74) is 2.93. The Kier molecular flexibility index (Phi) is 4.00. The van der Waals surface area contributed by atoms with Gasteiger partial charge in [0.25, 0.3) is 0 Å². The van der Waals surface area contributed by atoms with Crippen LogP contribution in [0.25, 0.3) is 11.0 Å². The zero-order valence-corrected chi connectivity index (χ0v) is 13.0. The van der Waals surface area contributed by atoms with Crippen LogP contribution in [0.2, 0.25) is 0 Å². The molecule has 0 atom stereocenters. The predicted octanol–water partition coefficient (Wildman–Crippen LogP) is 3.03. The summed E-state index contributed by atoms with van der Waals surface area (Å²) in [5.74, 6) is -1.46. The first-order valence-electron chi connectivity index (χ1n) is 7.34. The molecule has 0 bridgehead atoms. The van der Waals surface area contributed by atoms with Gasteiger partial charge in [-0.2, -0.15) is 5.26 Å². The number of benzene rings is 1. The van der Waals surface area contributed by atoms with E-state index in [4.69, 9.17) is 10.4 Å². The predicted molar refractivity (Wildman–Crippen MR) is 86.0 cm³/mol. The number of carboxylic acid groups (broad SMARTS) is 1. The van der Waals surface area contributed by atoms with Gasteiger partial charge in [0.05, 0.1) is 12.0 Å². The van der Waals surface area contributed by atoms with Crippen LogP contribution < -0.4 is 0 Å². The van der Waals surface area contributed by atoms with E-state index in [1.165, 1.54) is 12.1 Å². The van der Waals surface area contributed by atoms with Gasteiger partial charge in [-0.25, -0.2) is 9.37 Å². The van der Waals surface area contributed by atoms with Gasteiger partial charge in [0.2, 0.25) is 0 Å². The summed E-state index contributed by atoms with van der Waals surface area (Å²) in [5, 5.41) is 18.9. The average molecular weight is 323 g/mol. The molecule has 0 fully saturated rings. The van der Waals surface area contributed by atoms with Crippen LogP contribution in [-0.4, -0.2) is 20.6 Å². The number of pyridine rings is 1. The van der Waals surface area contributed by atoms with E-state index in [1.807, 2.05) is 23.6 Å². The molecule has 1 aromatic carbocycles. The lowest BCUT2D eigenvalue weighted by atomic mass is 10.1. The molecule has 2 heterocycles. The van der Waals surface area contributed by atoms with E-state index in [9.17, 15) is 9.18 Å². The molecule has 120 valence electrons. The number of carboxylic acids is 1. The molecule has 3 aromatic rings. The molecule has 0 saturated carbocycles. The largest absolute Gasteiger partial charge is 0.481 e. The summed E-state index contributed by atoms with van der Waals surface area (Å²) in [6, 6.07) is 9.81. The third kappa shape index (κ3) is 2.72. The Hall–Kier alpha value is -3.20. The summed E-state index contributed by atoms with van der Waals surface area (Å²) in [6.45, 7) is 2.22. The first-order valence-corrected chi connectivity index (χ1v) is 7.34. The third-order valence-electron chi connectivity index (χ3n) is 4.03. The third-order valence-corrected chi connectivity index (χ3v) is 4.03. The molecule has 0 aliphatic heterocycles. The monoisotopic (exact) mass is 323 g/mol. The van der Waals surface area contributed by atoms with Crippen molar-refractivity contribution >= 4 is 17.0 Å². The average Bonchev–Trinajstić information content (AvgIpc) is 2.82. The minimum Gasteiger partial charge on any atom is -0.481 e. The van der Waals surface area contributed by atoms with Crippen LogP contribution >= 0.6 is 0 Å². The Morgan fingerprint density at radius 2 is 2.21 bits per heavy atom. The Labute approximate surface area is 137 Å². The second kappa shape index (κ2) is 6.13. The van der Waals surface area contributed by atoms with Crippen LogP contribution in [0.4, 0.5) is 4.39 Å². The van der Waals surface area contributed by atoms with Crippen LogP contribution in [0.3, 0.4) is 0 Å². The van der Waals surface area contributed by atoms with E-state index in [0.717, 1.165) is 16.6 Å². The summed E-state index contributed by atoms with van der Waals surface area (Å²) >= 11 is 0. The van der Waals surface area contributed by atoms with E-state index >= 15 is 0 Å². The van der Waals surface area contributed by atoms with Crippen molar-refractivity contribution in [1.82, 2.24) is 9.55 Å². The highest BCUT2D eigenvalue weighted by atomic mass is 19.1. The fourth-order valence-corrected chi connectivity index (χ4v) is 2.87. The first kappa shape index (κ1) is 15.7. The zero-order chi connectivity index (χ0) is 17.3. The van der Waals surface area contributed by atoms with Gasteiger partial charge in [0, 0.05) is 23.8 Å². The lowest BCUT2D eigenvalue weighted by molar-refractivity contribution is -0.136. The summed E-state index contributed by atoms with van der Waals surface area (Å²) in [6.07, 6.45) is 1.56. The molecule has 24 heavy (non-hydrogen) atoms. The Morgan fingerprint density at radius 3 is 2.92 bits per heavy atom. The highest BCUT2D eigenvalue weighted by molar-refractivity contribution is 5.86. The number of aliphatic carboxylic acids is 1. The van der Waals surface area contributed by atoms with Crippen molar-refractivity contribution in [3.63, 3.8) is 0 Å². The number of fused-ring (bicyclic) bond motifs is 1. The van der Waals surface area contributed by atoms with E-state index in [0.29, 0.717) is 17.8 Å². The van der Waals surface area contributed by atoms with Crippen LogP contribution in [0.1, 0.15) is 22.4 Å². The smallest absolute Gasteiger partial charge is 0.307 e. The quantitative estimate of drug-likeness (QED) is 0.800. The molecule has 0 aliphatic carbocycles. The molecule has 0 saturated heterocycles. The fourth-order valence-electron chi connectivity index (χ4n) is 2.87. The Morgan fingerprint density at radius 1 is 1.42 bits per heavy atom. The second-order valence-electron chi connectivity index (χ2n) is 5.52. The summed E-state index contributed by atoms with van der Waals surface area (Å²) in [4.78, 5) is 15.5. The molecule has 0 amide bonds. The molecule has 5 nitrogen and oxygen atoms in total. The number of hydrogen-bond acceptors (Lipinski definition) is 3. The number of hydrogen-bond donors (Lipinski definition) is 1. The fraction of sp³-hybridized carbons (Fsp3) is 0.167. The molecule has 1 N–H and O–H groups in total. The number of carbonyl (C=O) groups is 1. The summed E-state index contributed by atoms with van der Waals surface area (Å²) < 4.78 is 15.4. The maximum atomic E-state index is 13.5. The van der Waals surface area contributed by atoms with Gasteiger partial charge in [0.15, 0.2) is 0 Å². The normalized spacial score (nSPS) is 10.7. The van der Waals surface area contributed by atoms with E-state index in [-0.39, 0.29) is 12.0 Å². The molecule has 3 rings (SSSR count). The molecule has 0 unspecified atom stereocenters. The molecular formula is C18H14FN3O2. The topological polar surface area (TPSA) is 78.9 Å². The zero-order valence-electron chi connectivity index (χ0n) is 13.0. The molecular weight excluding hydrogens is 309 g/mol.